The lowest BCUT2D eigenvalue weighted by Crippen LogP contribution is -2.32. The molecule has 2 aromatic carbocycles. The summed E-state index contributed by atoms with van der Waals surface area (Å²) >= 11 is 0. The number of nitrogens with zero attached hydrogens (tertiary/aromatic N) is 2. The summed E-state index contributed by atoms with van der Waals surface area (Å²) in [6.07, 6.45) is 1.84. The smallest absolute Gasteiger partial charge is 0.336 e. The van der Waals surface area contributed by atoms with E-state index in [0.717, 1.165) is 11.3 Å². The summed E-state index contributed by atoms with van der Waals surface area (Å²) in [7, 11) is 4.24. The first kappa shape index (κ1) is 28.8. The molecule has 0 radical (unpaired) electrons. The first-order chi connectivity index (χ1) is 16.9. The lowest BCUT2D eigenvalue weighted by Gasteiger charge is -2.29. The third kappa shape index (κ3) is 5.40. The standard InChI is InChI=1S/C27H27N3O5.2H2O/c1-16-22(26(31)34-4)24(23(17(2)28-16)27(32)35-5)21-15-30(19-9-7-6-8-10-19)29-25(21)18-11-13-20(33-3)14-12-18;;/h6-15,24,28H,1-5H3;2*1H2. The Morgan fingerprint density at radius 2 is 1.38 bits per heavy atom. The molecule has 1 aliphatic rings. The number of nitrogens with one attached hydrogen (secondary N) is 1. The zero-order valence-electron chi connectivity index (χ0n) is 21.3. The molecule has 10 nitrogen and oxygen atoms in total. The largest absolute Gasteiger partial charge is 0.497 e. The normalized spacial score (nSPS) is 13.2. The number of dihydropyridines is 1. The molecule has 1 aromatic heterocycles. The molecule has 2 heterocycles. The number of hydrogen-bond acceptors (Lipinski definition) is 7. The Kier molecular flexibility index (Phi) is 9.36. The molecule has 4 rings (SSSR count). The highest BCUT2D eigenvalue weighted by atomic mass is 16.5. The number of aromatic nitrogens is 2. The molecule has 0 saturated heterocycles. The molecular formula is C27H31N3O7. The number of hydrogen-bond donors (Lipinski definition) is 1. The van der Waals surface area contributed by atoms with Crippen LogP contribution in [0.15, 0.2) is 83.3 Å². The topological polar surface area (TPSA) is 155 Å². The summed E-state index contributed by atoms with van der Waals surface area (Å²) in [4.78, 5) is 26.0. The minimum atomic E-state index is -0.759. The summed E-state index contributed by atoms with van der Waals surface area (Å²) in [5.74, 6) is -1.13. The first-order valence-corrected chi connectivity index (χ1v) is 11.0. The molecule has 1 aliphatic heterocycles. The van der Waals surface area contributed by atoms with Crippen molar-refractivity contribution in [3.8, 4) is 22.7 Å². The predicted octanol–water partition coefficient (Wildman–Crippen LogP) is 2.48. The average Bonchev–Trinajstić information content (AvgIpc) is 3.33. The van der Waals surface area contributed by atoms with Gasteiger partial charge in [0.1, 0.15) is 5.75 Å². The van der Waals surface area contributed by atoms with Crippen LogP contribution in [0.1, 0.15) is 25.3 Å². The molecule has 0 aliphatic carbocycles. The van der Waals surface area contributed by atoms with E-state index in [0.29, 0.717) is 39.5 Å². The van der Waals surface area contributed by atoms with E-state index in [4.69, 9.17) is 19.3 Å². The highest BCUT2D eigenvalue weighted by Crippen LogP contribution is 2.43. The van der Waals surface area contributed by atoms with Gasteiger partial charge in [0, 0.05) is 28.7 Å². The molecule has 37 heavy (non-hydrogen) atoms. The second-order valence-corrected chi connectivity index (χ2v) is 8.06. The zero-order chi connectivity index (χ0) is 25.1. The van der Waals surface area contributed by atoms with E-state index >= 15 is 0 Å². The van der Waals surface area contributed by atoms with Gasteiger partial charge in [-0.15, -0.1) is 0 Å². The predicted molar refractivity (Wildman–Crippen MR) is 138 cm³/mol. The van der Waals surface area contributed by atoms with Crippen LogP contribution in [0, 0.1) is 0 Å². The van der Waals surface area contributed by atoms with Crippen molar-refractivity contribution in [3.05, 3.63) is 88.9 Å². The molecule has 5 N–H and O–H groups in total. The van der Waals surface area contributed by atoms with E-state index in [-0.39, 0.29) is 11.0 Å². The van der Waals surface area contributed by atoms with Crippen LogP contribution in [0.5, 0.6) is 5.75 Å². The van der Waals surface area contributed by atoms with E-state index in [2.05, 4.69) is 5.32 Å². The van der Waals surface area contributed by atoms with Gasteiger partial charge in [-0.05, 0) is 50.2 Å². The van der Waals surface area contributed by atoms with E-state index in [9.17, 15) is 9.59 Å². The molecule has 0 unspecified atom stereocenters. The minimum Gasteiger partial charge on any atom is -0.497 e. The molecule has 3 aromatic rings. The fourth-order valence-electron chi connectivity index (χ4n) is 4.35. The Bertz CT molecular complexity index is 1290. The number of ether oxygens (including phenoxy) is 3. The molecule has 0 fully saturated rings. The van der Waals surface area contributed by atoms with Gasteiger partial charge in [-0.2, -0.15) is 5.10 Å². The molecule has 196 valence electrons. The van der Waals surface area contributed by atoms with Crippen LogP contribution < -0.4 is 10.1 Å². The first-order valence-electron chi connectivity index (χ1n) is 11.0. The fourth-order valence-corrected chi connectivity index (χ4v) is 4.35. The van der Waals surface area contributed by atoms with E-state index < -0.39 is 17.9 Å². The maximum absolute atomic E-state index is 13.0. The number of methoxy groups -OCH3 is 3. The molecule has 10 heteroatoms. The van der Waals surface area contributed by atoms with Crippen LogP contribution in [-0.2, 0) is 19.1 Å². The molecule has 0 atom stereocenters. The number of rotatable bonds is 6. The van der Waals surface area contributed by atoms with Gasteiger partial charge in [-0.1, -0.05) is 18.2 Å². The van der Waals surface area contributed by atoms with Crippen molar-refractivity contribution < 1.29 is 34.8 Å². The van der Waals surface area contributed by atoms with Crippen LogP contribution in [0.3, 0.4) is 0 Å². The van der Waals surface area contributed by atoms with Crippen molar-refractivity contribution in [2.45, 2.75) is 19.8 Å². The van der Waals surface area contributed by atoms with Gasteiger partial charge in [0.05, 0.1) is 49.8 Å². The lowest BCUT2D eigenvalue weighted by atomic mass is 9.79. The molecular weight excluding hydrogens is 478 g/mol. The Morgan fingerprint density at radius 1 is 0.838 bits per heavy atom. The van der Waals surface area contributed by atoms with Gasteiger partial charge < -0.3 is 30.5 Å². The second kappa shape index (κ2) is 12.0. The van der Waals surface area contributed by atoms with Crippen LogP contribution in [0.4, 0.5) is 0 Å². The van der Waals surface area contributed by atoms with Crippen LogP contribution in [-0.4, -0.2) is 54.0 Å². The number of esters is 2. The van der Waals surface area contributed by atoms with Crippen molar-refractivity contribution in [3.63, 3.8) is 0 Å². The Labute approximate surface area is 214 Å². The summed E-state index contributed by atoms with van der Waals surface area (Å²) in [5, 5.41) is 8.01. The Hall–Kier alpha value is -4.41. The van der Waals surface area contributed by atoms with Crippen molar-refractivity contribution >= 4 is 11.9 Å². The van der Waals surface area contributed by atoms with Gasteiger partial charge in [-0.25, -0.2) is 14.3 Å². The second-order valence-electron chi connectivity index (χ2n) is 8.06. The van der Waals surface area contributed by atoms with Crippen molar-refractivity contribution in [1.82, 2.24) is 15.1 Å². The van der Waals surface area contributed by atoms with Crippen LogP contribution in [0.2, 0.25) is 0 Å². The summed E-state index contributed by atoms with van der Waals surface area (Å²) in [6.45, 7) is 3.57. The molecule has 0 amide bonds. The van der Waals surface area contributed by atoms with Crippen molar-refractivity contribution in [2.24, 2.45) is 0 Å². The van der Waals surface area contributed by atoms with Crippen LogP contribution in [0.25, 0.3) is 16.9 Å². The van der Waals surface area contributed by atoms with Crippen molar-refractivity contribution in [1.29, 1.82) is 0 Å². The highest BCUT2D eigenvalue weighted by molar-refractivity contribution is 6.00. The molecule has 0 spiro atoms. The fraction of sp³-hybridized carbons (Fsp3) is 0.222. The average molecular weight is 510 g/mol. The van der Waals surface area contributed by atoms with Gasteiger partial charge in [0.15, 0.2) is 0 Å². The Balaban J connectivity index is 0.00000241. The van der Waals surface area contributed by atoms with Crippen LogP contribution >= 0.6 is 0 Å². The van der Waals surface area contributed by atoms with Gasteiger partial charge in [0.25, 0.3) is 0 Å². The summed E-state index contributed by atoms with van der Waals surface area (Å²) < 4.78 is 17.3. The minimum absolute atomic E-state index is 0. The van der Waals surface area contributed by atoms with Gasteiger partial charge in [-0.3, -0.25) is 0 Å². The SMILES string of the molecule is COC(=O)C1=C(C)NC(C)=C(C(=O)OC)C1c1cn(-c2ccccc2)nc1-c1ccc(OC)cc1.O.O. The maximum atomic E-state index is 13.0. The Morgan fingerprint density at radius 3 is 1.86 bits per heavy atom. The third-order valence-electron chi connectivity index (χ3n) is 6.01. The van der Waals surface area contributed by atoms with Gasteiger partial charge >= 0.3 is 11.9 Å². The molecule has 0 saturated carbocycles. The number of benzene rings is 2. The third-order valence-corrected chi connectivity index (χ3v) is 6.01. The quantitative estimate of drug-likeness (QED) is 0.501. The van der Waals surface area contributed by atoms with E-state index in [1.807, 2.05) is 60.8 Å². The zero-order valence-corrected chi connectivity index (χ0v) is 21.3. The number of para-hydroxylation sites is 1. The van der Waals surface area contributed by atoms with E-state index in [1.165, 1.54) is 14.2 Å². The molecule has 0 bridgehead atoms. The summed E-state index contributed by atoms with van der Waals surface area (Å²) in [6, 6.07) is 17.1. The number of carbonyl (C=O) groups is 2. The van der Waals surface area contributed by atoms with E-state index in [1.54, 1.807) is 25.6 Å². The monoisotopic (exact) mass is 509 g/mol. The van der Waals surface area contributed by atoms with Gasteiger partial charge in [0.2, 0.25) is 0 Å². The number of carbonyl (C=O) groups excluding carboxylic acids is 2. The lowest BCUT2D eigenvalue weighted by molar-refractivity contribution is -0.137. The maximum Gasteiger partial charge on any atom is 0.336 e. The highest BCUT2D eigenvalue weighted by Gasteiger charge is 2.40. The van der Waals surface area contributed by atoms with Crippen molar-refractivity contribution in [2.75, 3.05) is 21.3 Å². The summed E-state index contributed by atoms with van der Waals surface area (Å²) in [5.41, 5.74) is 4.76. The number of allylic oxidation sites excluding steroid dienone is 2.